The fourth-order valence-electron chi connectivity index (χ4n) is 1.05. The summed E-state index contributed by atoms with van der Waals surface area (Å²) in [6.07, 6.45) is 0. The zero-order valence-corrected chi connectivity index (χ0v) is 10.4. The third-order valence-corrected chi connectivity index (χ3v) is 3.11. The molecule has 0 spiro atoms. The highest BCUT2D eigenvalue weighted by atomic mass is 28.3. The van der Waals surface area contributed by atoms with E-state index in [9.17, 15) is 4.39 Å². The van der Waals surface area contributed by atoms with E-state index in [-0.39, 0.29) is 5.69 Å². The van der Waals surface area contributed by atoms with Crippen LogP contribution in [0.25, 0.3) is 0 Å². The van der Waals surface area contributed by atoms with Gasteiger partial charge in [-0.1, -0.05) is 31.6 Å². The summed E-state index contributed by atoms with van der Waals surface area (Å²) in [5, 5.41) is 0. The van der Waals surface area contributed by atoms with E-state index in [1.54, 1.807) is 18.2 Å². The average Bonchev–Trinajstić information content (AvgIpc) is 2.10. The molecule has 3 heteroatoms. The van der Waals surface area contributed by atoms with Crippen molar-refractivity contribution in [1.29, 1.82) is 0 Å². The van der Waals surface area contributed by atoms with E-state index in [0.29, 0.717) is 5.56 Å². The van der Waals surface area contributed by atoms with Gasteiger partial charge >= 0.3 is 0 Å². The Morgan fingerprint density at radius 1 is 1.33 bits per heavy atom. The maximum Gasteiger partial charge on any atom is 0.161 e. The average molecular weight is 221 g/mol. The lowest BCUT2D eigenvalue weighted by atomic mass is 10.2. The molecule has 0 fully saturated rings. The van der Waals surface area contributed by atoms with Gasteiger partial charge in [-0.25, -0.2) is 4.39 Å². The van der Waals surface area contributed by atoms with Gasteiger partial charge in [-0.15, -0.1) is 5.92 Å². The summed E-state index contributed by atoms with van der Waals surface area (Å²) in [5.41, 5.74) is 6.00. The lowest BCUT2D eigenvalue weighted by Crippen LogP contribution is -2.17. The van der Waals surface area contributed by atoms with Gasteiger partial charge in [0.05, 0.1) is 19.3 Å². The third kappa shape index (κ3) is 3.76. The van der Waals surface area contributed by atoms with Crippen LogP contribution in [-0.4, -0.2) is 8.07 Å². The van der Waals surface area contributed by atoms with Crippen molar-refractivity contribution < 1.29 is 4.39 Å². The van der Waals surface area contributed by atoms with E-state index in [4.69, 9.17) is 5.73 Å². The van der Waals surface area contributed by atoms with Gasteiger partial charge in [0, 0.05) is 6.04 Å². The first kappa shape index (κ1) is 11.8. The summed E-state index contributed by atoms with van der Waals surface area (Å²) < 4.78 is 13.4. The first-order chi connectivity index (χ1) is 6.90. The van der Waals surface area contributed by atoms with Crippen molar-refractivity contribution in [2.75, 3.05) is 5.73 Å². The molecule has 0 unspecified atom stereocenters. The van der Waals surface area contributed by atoms with Gasteiger partial charge in [-0.05, 0) is 12.1 Å². The lowest BCUT2D eigenvalue weighted by molar-refractivity contribution is 0.629. The fraction of sp³-hybridized carbons (Fsp3) is 0.333. The molecule has 1 aromatic rings. The normalized spacial score (nSPS) is 10.7. The Hall–Kier alpha value is -1.27. The fourth-order valence-corrected chi connectivity index (χ4v) is 1.67. The zero-order valence-electron chi connectivity index (χ0n) is 9.39. The van der Waals surface area contributed by atoms with Gasteiger partial charge in [-0.3, -0.25) is 0 Å². The summed E-state index contributed by atoms with van der Waals surface area (Å²) in [7, 11) is -1.17. The molecule has 0 aliphatic heterocycles. The minimum atomic E-state index is -1.17. The Bertz CT molecular complexity index is 410. The highest BCUT2D eigenvalue weighted by Crippen LogP contribution is 2.13. The van der Waals surface area contributed by atoms with Gasteiger partial charge < -0.3 is 5.73 Å². The van der Waals surface area contributed by atoms with E-state index in [2.05, 4.69) is 31.5 Å². The van der Waals surface area contributed by atoms with Crippen LogP contribution in [0.5, 0.6) is 0 Å². The molecule has 0 atom stereocenters. The third-order valence-electron chi connectivity index (χ3n) is 1.87. The molecule has 0 saturated carbocycles. The smallest absolute Gasteiger partial charge is 0.161 e. The molecule has 1 rings (SSSR count). The number of nitrogens with two attached hydrogens (primary N) is 1. The van der Waals surface area contributed by atoms with Crippen LogP contribution in [0, 0.1) is 17.7 Å². The molecule has 0 aliphatic carbocycles. The molecule has 0 saturated heterocycles. The zero-order chi connectivity index (χ0) is 11.5. The van der Waals surface area contributed by atoms with Crippen molar-refractivity contribution in [3.63, 3.8) is 0 Å². The van der Waals surface area contributed by atoms with E-state index in [1.807, 2.05) is 0 Å². The molecule has 15 heavy (non-hydrogen) atoms. The van der Waals surface area contributed by atoms with Crippen LogP contribution in [-0.2, 0) is 0 Å². The minimum Gasteiger partial charge on any atom is -0.396 e. The van der Waals surface area contributed by atoms with Crippen LogP contribution >= 0.6 is 0 Å². The topological polar surface area (TPSA) is 26.0 Å². The molecule has 0 radical (unpaired) electrons. The van der Waals surface area contributed by atoms with Crippen LogP contribution in [0.4, 0.5) is 10.1 Å². The van der Waals surface area contributed by atoms with Crippen LogP contribution < -0.4 is 5.73 Å². The molecule has 2 N–H and O–H groups in total. The van der Waals surface area contributed by atoms with E-state index in [1.165, 1.54) is 0 Å². The second-order valence-electron chi connectivity index (χ2n) is 4.75. The van der Waals surface area contributed by atoms with Crippen molar-refractivity contribution in [2.45, 2.75) is 25.7 Å². The molecule has 1 aromatic carbocycles. The van der Waals surface area contributed by atoms with Crippen LogP contribution in [0.1, 0.15) is 5.56 Å². The van der Waals surface area contributed by atoms with Gasteiger partial charge in [-0.2, -0.15) is 0 Å². The Balaban J connectivity index is 2.85. The molecule has 0 bridgehead atoms. The number of rotatable bonds is 1. The minimum absolute atomic E-state index is 0.162. The second-order valence-corrected chi connectivity index (χ2v) is 10.2. The maximum atomic E-state index is 13.4. The number of anilines is 1. The lowest BCUT2D eigenvalue weighted by Gasteiger charge is -2.09. The molecule has 0 heterocycles. The summed E-state index contributed by atoms with van der Waals surface area (Å²) in [4.78, 5) is 0. The summed E-state index contributed by atoms with van der Waals surface area (Å²) in [6.45, 7) is 6.70. The maximum absolute atomic E-state index is 13.4. The Morgan fingerprint density at radius 2 is 2.00 bits per heavy atom. The highest BCUT2D eigenvalue weighted by molar-refractivity contribution is 6.76. The molecule has 80 valence electrons. The summed E-state index contributed by atoms with van der Waals surface area (Å²) >= 11 is 0. The quantitative estimate of drug-likeness (QED) is 0.440. The molecule has 0 amide bonds. The van der Waals surface area contributed by atoms with Crippen molar-refractivity contribution in [1.82, 2.24) is 0 Å². The number of nitrogen functional groups attached to an aromatic ring is 1. The molecular weight excluding hydrogens is 205 g/mol. The largest absolute Gasteiger partial charge is 0.396 e. The van der Waals surface area contributed by atoms with Crippen molar-refractivity contribution in [3.05, 3.63) is 29.6 Å². The number of hydrogen-bond donors (Lipinski definition) is 1. The second kappa shape index (κ2) is 4.50. The molecule has 0 aromatic heterocycles. The van der Waals surface area contributed by atoms with Gasteiger partial charge in [0.2, 0.25) is 0 Å². The standard InChI is InChI=1S/C12H16FNSi/c1-15(2,3)9-5-7-10-6-4-8-11(14)12(10)13/h4,6,8H,9,14H2,1-3H3. The van der Waals surface area contributed by atoms with E-state index in [0.717, 1.165) is 6.04 Å². The predicted octanol–water partition coefficient (Wildman–Crippen LogP) is 3.10. The SMILES string of the molecule is C[Si](C)(C)CC#Cc1cccc(N)c1F. The summed E-state index contributed by atoms with van der Waals surface area (Å²) in [6, 6.07) is 5.79. The predicted molar refractivity (Wildman–Crippen MR) is 65.8 cm³/mol. The molecule has 0 aliphatic rings. The van der Waals surface area contributed by atoms with E-state index >= 15 is 0 Å². The first-order valence-corrected chi connectivity index (χ1v) is 8.64. The first-order valence-electron chi connectivity index (χ1n) is 4.93. The van der Waals surface area contributed by atoms with Gasteiger partial charge in [0.15, 0.2) is 5.82 Å². The highest BCUT2D eigenvalue weighted by Gasteiger charge is 2.10. The van der Waals surface area contributed by atoms with Gasteiger partial charge in [0.1, 0.15) is 0 Å². The Labute approximate surface area is 91.5 Å². The Kier molecular flexibility index (Phi) is 3.54. The number of halogens is 1. The monoisotopic (exact) mass is 221 g/mol. The van der Waals surface area contributed by atoms with Crippen LogP contribution in [0.2, 0.25) is 25.7 Å². The molecule has 1 nitrogen and oxygen atoms in total. The van der Waals surface area contributed by atoms with Crippen molar-refractivity contribution in [3.8, 4) is 11.8 Å². The van der Waals surface area contributed by atoms with E-state index < -0.39 is 13.9 Å². The summed E-state index contributed by atoms with van der Waals surface area (Å²) in [5.74, 6) is 5.46. The van der Waals surface area contributed by atoms with Gasteiger partial charge in [0.25, 0.3) is 0 Å². The number of hydrogen-bond acceptors (Lipinski definition) is 1. The van der Waals surface area contributed by atoms with Crippen LogP contribution in [0.15, 0.2) is 18.2 Å². The van der Waals surface area contributed by atoms with Crippen molar-refractivity contribution in [2.24, 2.45) is 0 Å². The van der Waals surface area contributed by atoms with Crippen molar-refractivity contribution >= 4 is 13.8 Å². The molecular formula is C12H16FNSi. The Morgan fingerprint density at radius 3 is 2.60 bits per heavy atom. The number of benzene rings is 1. The van der Waals surface area contributed by atoms with Crippen LogP contribution in [0.3, 0.4) is 0 Å².